The van der Waals surface area contributed by atoms with Crippen LogP contribution >= 0.6 is 23.1 Å². The molecule has 5 nitrogen and oxygen atoms in total. The lowest BCUT2D eigenvalue weighted by Crippen LogP contribution is -2.14. The molecule has 7 heteroatoms. The summed E-state index contributed by atoms with van der Waals surface area (Å²) in [5, 5.41) is 0. The number of amides is 1. The molecular formula is C19H18N2O3S2. The number of methoxy groups -OCH3 is 1. The number of nitrogens with zero attached hydrogens (tertiary/aromatic N) is 2. The summed E-state index contributed by atoms with van der Waals surface area (Å²) in [5.74, 6) is 0.566. The molecule has 0 radical (unpaired) electrons. The van der Waals surface area contributed by atoms with E-state index in [4.69, 9.17) is 4.74 Å². The Bertz CT molecular complexity index is 1010. The molecular weight excluding hydrogens is 368 g/mol. The smallest absolute Gasteiger partial charge is 0.337 e. The summed E-state index contributed by atoms with van der Waals surface area (Å²) in [5.41, 5.74) is 2.59. The van der Waals surface area contributed by atoms with E-state index in [-0.39, 0.29) is 11.9 Å². The van der Waals surface area contributed by atoms with Crippen molar-refractivity contribution in [1.29, 1.82) is 0 Å². The standard InChI is InChI=1S/C19H18N2O3S2/c1-21-15-9-8-14(18(23)24-2)10-16(15)26-19(21)20-17(22)12-25-11-13-6-4-3-5-7-13/h3-10H,11-12H2,1-2H3. The Morgan fingerprint density at radius 3 is 2.69 bits per heavy atom. The van der Waals surface area contributed by atoms with E-state index in [0.29, 0.717) is 16.1 Å². The largest absolute Gasteiger partial charge is 0.465 e. The van der Waals surface area contributed by atoms with Crippen molar-refractivity contribution in [3.63, 3.8) is 0 Å². The SMILES string of the molecule is COC(=O)c1ccc2c(c1)sc(=NC(=O)CSCc1ccccc1)n2C. The van der Waals surface area contributed by atoms with E-state index in [1.54, 1.807) is 23.9 Å². The van der Waals surface area contributed by atoms with Crippen LogP contribution in [0.2, 0.25) is 0 Å². The summed E-state index contributed by atoms with van der Waals surface area (Å²) in [7, 11) is 3.22. The molecule has 0 saturated carbocycles. The van der Waals surface area contributed by atoms with Crippen LogP contribution < -0.4 is 4.80 Å². The maximum absolute atomic E-state index is 12.2. The maximum Gasteiger partial charge on any atom is 0.337 e. The summed E-state index contributed by atoms with van der Waals surface area (Å²) in [6, 6.07) is 15.3. The van der Waals surface area contributed by atoms with Gasteiger partial charge in [-0.2, -0.15) is 4.99 Å². The third-order valence-electron chi connectivity index (χ3n) is 3.79. The molecule has 3 rings (SSSR count). The third kappa shape index (κ3) is 4.23. The first-order valence-corrected chi connectivity index (χ1v) is 9.92. The molecule has 0 aliphatic carbocycles. The van der Waals surface area contributed by atoms with Gasteiger partial charge in [-0.3, -0.25) is 4.79 Å². The number of hydrogen-bond acceptors (Lipinski definition) is 5. The summed E-state index contributed by atoms with van der Waals surface area (Å²) in [6.45, 7) is 0. The van der Waals surface area contributed by atoms with Crippen LogP contribution in [0.1, 0.15) is 15.9 Å². The number of carbonyl (C=O) groups excluding carboxylic acids is 2. The van der Waals surface area contributed by atoms with Crippen molar-refractivity contribution >= 4 is 45.2 Å². The van der Waals surface area contributed by atoms with Crippen molar-refractivity contribution in [1.82, 2.24) is 4.57 Å². The van der Waals surface area contributed by atoms with Crippen LogP contribution in [0.15, 0.2) is 53.5 Å². The summed E-state index contributed by atoms with van der Waals surface area (Å²) in [6.07, 6.45) is 0. The molecule has 1 aromatic heterocycles. The minimum absolute atomic E-state index is 0.165. The fourth-order valence-corrected chi connectivity index (χ4v) is 4.30. The van der Waals surface area contributed by atoms with Gasteiger partial charge in [0.05, 0.1) is 28.6 Å². The molecule has 2 aromatic carbocycles. The van der Waals surface area contributed by atoms with Crippen molar-refractivity contribution in [3.8, 4) is 0 Å². The monoisotopic (exact) mass is 386 g/mol. The van der Waals surface area contributed by atoms with Crippen molar-refractivity contribution in [2.24, 2.45) is 12.0 Å². The number of aryl methyl sites for hydroxylation is 1. The highest BCUT2D eigenvalue weighted by molar-refractivity contribution is 7.99. The van der Waals surface area contributed by atoms with Gasteiger partial charge in [0.2, 0.25) is 0 Å². The van der Waals surface area contributed by atoms with Crippen molar-refractivity contribution in [2.75, 3.05) is 12.9 Å². The molecule has 0 N–H and O–H groups in total. The molecule has 26 heavy (non-hydrogen) atoms. The lowest BCUT2D eigenvalue weighted by molar-refractivity contribution is -0.115. The fraction of sp³-hybridized carbons (Fsp3) is 0.211. The molecule has 0 spiro atoms. The number of thiazole rings is 1. The summed E-state index contributed by atoms with van der Waals surface area (Å²) < 4.78 is 7.50. The van der Waals surface area contributed by atoms with E-state index in [0.717, 1.165) is 16.0 Å². The summed E-state index contributed by atoms with van der Waals surface area (Å²) in [4.78, 5) is 28.7. The fourth-order valence-electron chi connectivity index (χ4n) is 2.45. The predicted octanol–water partition coefficient (Wildman–Crippen LogP) is 3.39. The minimum Gasteiger partial charge on any atom is -0.465 e. The van der Waals surface area contributed by atoms with Crippen molar-refractivity contribution in [2.45, 2.75) is 5.75 Å². The van der Waals surface area contributed by atoms with E-state index in [1.807, 2.05) is 48.0 Å². The average Bonchev–Trinajstić information content (AvgIpc) is 2.97. The van der Waals surface area contributed by atoms with Gasteiger partial charge in [0, 0.05) is 12.8 Å². The van der Waals surface area contributed by atoms with Gasteiger partial charge in [0.1, 0.15) is 0 Å². The van der Waals surface area contributed by atoms with Crippen LogP contribution in [0.5, 0.6) is 0 Å². The van der Waals surface area contributed by atoms with Crippen LogP contribution in [0, 0.1) is 0 Å². The number of thioether (sulfide) groups is 1. The molecule has 0 aliphatic rings. The topological polar surface area (TPSA) is 60.7 Å². The molecule has 0 unspecified atom stereocenters. The molecule has 0 atom stereocenters. The van der Waals surface area contributed by atoms with Crippen LogP contribution in [-0.4, -0.2) is 29.3 Å². The number of rotatable bonds is 5. The number of ether oxygens (including phenoxy) is 1. The molecule has 0 saturated heterocycles. The second-order valence-electron chi connectivity index (χ2n) is 5.60. The van der Waals surface area contributed by atoms with Crippen LogP contribution in [0.25, 0.3) is 10.2 Å². The Kier molecular flexibility index (Phi) is 5.90. The molecule has 1 amide bonds. The maximum atomic E-state index is 12.2. The van der Waals surface area contributed by atoms with Gasteiger partial charge >= 0.3 is 5.97 Å². The molecule has 0 bridgehead atoms. The highest BCUT2D eigenvalue weighted by Crippen LogP contribution is 2.19. The highest BCUT2D eigenvalue weighted by Gasteiger charge is 2.10. The lowest BCUT2D eigenvalue weighted by atomic mass is 10.2. The molecule has 0 aliphatic heterocycles. The number of carbonyl (C=O) groups is 2. The first kappa shape index (κ1) is 18.4. The van der Waals surface area contributed by atoms with Gasteiger partial charge in [-0.1, -0.05) is 41.7 Å². The van der Waals surface area contributed by atoms with Gasteiger partial charge < -0.3 is 9.30 Å². The second kappa shape index (κ2) is 8.33. The Hall–Kier alpha value is -2.38. The van der Waals surface area contributed by atoms with E-state index in [9.17, 15) is 9.59 Å². The zero-order valence-electron chi connectivity index (χ0n) is 14.5. The second-order valence-corrected chi connectivity index (χ2v) is 7.60. The Morgan fingerprint density at radius 1 is 1.19 bits per heavy atom. The molecule has 134 valence electrons. The van der Waals surface area contributed by atoms with E-state index < -0.39 is 0 Å². The van der Waals surface area contributed by atoms with Crippen molar-refractivity contribution < 1.29 is 14.3 Å². The van der Waals surface area contributed by atoms with Gasteiger partial charge in [0.15, 0.2) is 4.80 Å². The zero-order chi connectivity index (χ0) is 18.5. The van der Waals surface area contributed by atoms with Crippen LogP contribution in [0.4, 0.5) is 0 Å². The first-order valence-electron chi connectivity index (χ1n) is 7.95. The molecule has 3 aromatic rings. The van der Waals surface area contributed by atoms with Crippen LogP contribution in [0.3, 0.4) is 0 Å². The number of esters is 1. The average molecular weight is 386 g/mol. The number of hydrogen-bond donors (Lipinski definition) is 0. The third-order valence-corrected chi connectivity index (χ3v) is 5.87. The van der Waals surface area contributed by atoms with Crippen LogP contribution in [-0.2, 0) is 22.3 Å². The minimum atomic E-state index is -0.380. The van der Waals surface area contributed by atoms with Gasteiger partial charge in [0.25, 0.3) is 5.91 Å². The Labute approximate surface area is 159 Å². The first-order chi connectivity index (χ1) is 12.6. The summed E-state index contributed by atoms with van der Waals surface area (Å²) >= 11 is 2.93. The van der Waals surface area contributed by atoms with Gasteiger partial charge in [-0.15, -0.1) is 11.8 Å². The van der Waals surface area contributed by atoms with Crippen molar-refractivity contribution in [3.05, 3.63) is 64.5 Å². The predicted molar refractivity (Wildman–Crippen MR) is 105 cm³/mol. The number of fused-ring (bicyclic) bond motifs is 1. The molecule has 0 fully saturated rings. The van der Waals surface area contributed by atoms with E-state index in [1.165, 1.54) is 24.0 Å². The Balaban J connectivity index is 1.75. The lowest BCUT2D eigenvalue weighted by Gasteiger charge is -2.00. The van der Waals surface area contributed by atoms with E-state index >= 15 is 0 Å². The molecule has 1 heterocycles. The number of benzene rings is 2. The Morgan fingerprint density at radius 2 is 1.96 bits per heavy atom. The number of aromatic nitrogens is 1. The normalized spacial score (nSPS) is 11.7. The van der Waals surface area contributed by atoms with Gasteiger partial charge in [-0.25, -0.2) is 4.79 Å². The highest BCUT2D eigenvalue weighted by atomic mass is 32.2. The van der Waals surface area contributed by atoms with Gasteiger partial charge in [-0.05, 0) is 23.8 Å². The van der Waals surface area contributed by atoms with E-state index in [2.05, 4.69) is 4.99 Å². The zero-order valence-corrected chi connectivity index (χ0v) is 16.1. The quantitative estimate of drug-likeness (QED) is 0.631.